The average molecular weight is 487 g/mol. The summed E-state index contributed by atoms with van der Waals surface area (Å²) in [6.45, 7) is 0. The molecular weight excluding hydrogens is 473 g/mol. The Hall–Kier alpha value is -3.25. The predicted molar refractivity (Wildman–Crippen MR) is 94.9 cm³/mol. The first-order valence-electron chi connectivity index (χ1n) is 8.86. The van der Waals surface area contributed by atoms with Gasteiger partial charge in [0.1, 0.15) is 6.04 Å². The molecule has 0 unspecified atom stereocenters. The lowest BCUT2D eigenvalue weighted by Crippen LogP contribution is -2.43. The number of alkyl halides is 9. The zero-order valence-electron chi connectivity index (χ0n) is 16.5. The quantitative estimate of drug-likeness (QED) is 0.463. The fourth-order valence-electron chi connectivity index (χ4n) is 2.73. The third-order valence-electron chi connectivity index (χ3n) is 4.36. The van der Waals surface area contributed by atoms with Gasteiger partial charge in [-0.2, -0.15) is 39.5 Å². The number of ether oxygens (including phenoxy) is 1. The summed E-state index contributed by atoms with van der Waals surface area (Å²) in [4.78, 5) is 24.4. The Kier molecular flexibility index (Phi) is 7.34. The summed E-state index contributed by atoms with van der Waals surface area (Å²) < 4.78 is 120. The van der Waals surface area contributed by atoms with E-state index in [-0.39, 0.29) is 23.8 Å². The third kappa shape index (κ3) is 6.86. The summed E-state index contributed by atoms with van der Waals surface area (Å²) in [6, 6.07) is 1.98. The standard InChI is InChI=1S/C20H14F9NO3/c1-33-17(32)15(6-10-2-4-12(5-3-10)18(21,22)23)30-16(31)11-7-13(19(24,25)26)9-14(8-11)20(27,28)29/h2-5,7-9,15H,6H2,1H3,(H,30,31)/t15-/m0/s1. The number of nitrogens with one attached hydrogen (secondary N) is 1. The molecule has 0 bridgehead atoms. The van der Waals surface area contributed by atoms with Gasteiger partial charge in [-0.25, -0.2) is 4.79 Å². The molecule has 2 aromatic rings. The number of benzene rings is 2. The third-order valence-corrected chi connectivity index (χ3v) is 4.36. The lowest BCUT2D eigenvalue weighted by Gasteiger charge is -2.18. The summed E-state index contributed by atoms with van der Waals surface area (Å²) in [5.41, 5.74) is -5.38. The van der Waals surface area contributed by atoms with Gasteiger partial charge in [0.05, 0.1) is 23.8 Å². The van der Waals surface area contributed by atoms with E-state index in [1.54, 1.807) is 0 Å². The number of hydrogen-bond donors (Lipinski definition) is 1. The molecule has 0 aliphatic carbocycles. The highest BCUT2D eigenvalue weighted by Crippen LogP contribution is 2.36. The van der Waals surface area contributed by atoms with Crippen LogP contribution in [0.1, 0.15) is 32.6 Å². The van der Waals surface area contributed by atoms with Crippen molar-refractivity contribution in [3.8, 4) is 0 Å². The molecule has 0 saturated heterocycles. The van der Waals surface area contributed by atoms with E-state index in [9.17, 15) is 49.1 Å². The number of amides is 1. The number of rotatable bonds is 5. The maximum absolute atomic E-state index is 13.0. The summed E-state index contributed by atoms with van der Waals surface area (Å²) in [7, 11) is 0.903. The molecule has 1 N–H and O–H groups in total. The summed E-state index contributed by atoms with van der Waals surface area (Å²) in [5.74, 6) is -2.57. The number of carbonyl (C=O) groups is 2. The number of halogens is 9. The van der Waals surface area contributed by atoms with E-state index in [1.807, 2.05) is 5.32 Å². The smallest absolute Gasteiger partial charge is 0.416 e. The molecule has 0 aromatic heterocycles. The Morgan fingerprint density at radius 1 is 0.788 bits per heavy atom. The van der Waals surface area contributed by atoms with Gasteiger partial charge in [-0.05, 0) is 35.9 Å². The van der Waals surface area contributed by atoms with Crippen molar-refractivity contribution in [3.63, 3.8) is 0 Å². The van der Waals surface area contributed by atoms with E-state index in [0.717, 1.165) is 19.2 Å². The minimum absolute atomic E-state index is 0.110. The summed E-state index contributed by atoms with van der Waals surface area (Å²) in [6.07, 6.45) is -15.5. The van der Waals surface area contributed by atoms with Gasteiger partial charge in [-0.15, -0.1) is 0 Å². The number of esters is 1. The van der Waals surface area contributed by atoms with Crippen LogP contribution >= 0.6 is 0 Å². The lowest BCUT2D eigenvalue weighted by atomic mass is 10.0. The molecular formula is C20H14F9NO3. The van der Waals surface area contributed by atoms with Crippen LogP contribution in [-0.2, 0) is 34.5 Å². The Balaban J connectivity index is 2.34. The van der Waals surface area contributed by atoms with E-state index in [0.29, 0.717) is 12.1 Å². The van der Waals surface area contributed by atoms with Crippen molar-refractivity contribution < 1.29 is 53.8 Å². The largest absolute Gasteiger partial charge is 0.467 e. The Morgan fingerprint density at radius 2 is 1.24 bits per heavy atom. The molecule has 0 heterocycles. The van der Waals surface area contributed by atoms with Crippen molar-refractivity contribution in [1.29, 1.82) is 0 Å². The molecule has 0 aliphatic rings. The van der Waals surface area contributed by atoms with E-state index in [4.69, 9.17) is 0 Å². The van der Waals surface area contributed by atoms with Crippen molar-refractivity contribution >= 4 is 11.9 Å². The van der Waals surface area contributed by atoms with E-state index < -0.39 is 65.1 Å². The van der Waals surface area contributed by atoms with Gasteiger partial charge in [-0.1, -0.05) is 12.1 Å². The molecule has 4 nitrogen and oxygen atoms in total. The first-order valence-corrected chi connectivity index (χ1v) is 8.86. The Morgan fingerprint density at radius 3 is 1.64 bits per heavy atom. The molecule has 180 valence electrons. The SMILES string of the molecule is COC(=O)[C@H](Cc1ccc(C(F)(F)F)cc1)NC(=O)c1cc(C(F)(F)F)cc(C(F)(F)F)c1. The molecule has 1 amide bonds. The molecule has 0 aliphatic heterocycles. The molecule has 0 saturated carbocycles. The van der Waals surface area contributed by atoms with Crippen LogP contribution in [0.25, 0.3) is 0 Å². The fourth-order valence-corrected chi connectivity index (χ4v) is 2.73. The Labute approximate surface area is 180 Å². The van der Waals surface area contributed by atoms with Crippen LogP contribution in [-0.4, -0.2) is 25.0 Å². The monoisotopic (exact) mass is 487 g/mol. The highest BCUT2D eigenvalue weighted by Gasteiger charge is 2.38. The average Bonchev–Trinajstić information content (AvgIpc) is 2.70. The zero-order chi connectivity index (χ0) is 25.2. The van der Waals surface area contributed by atoms with Gasteiger partial charge < -0.3 is 10.1 Å². The fraction of sp³-hybridized carbons (Fsp3) is 0.300. The first-order chi connectivity index (χ1) is 15.0. The van der Waals surface area contributed by atoms with Gasteiger partial charge in [-0.3, -0.25) is 4.79 Å². The van der Waals surface area contributed by atoms with E-state index in [1.165, 1.54) is 0 Å². The van der Waals surface area contributed by atoms with Crippen molar-refractivity contribution in [3.05, 3.63) is 70.3 Å². The molecule has 2 aromatic carbocycles. The maximum atomic E-state index is 13.0. The van der Waals surface area contributed by atoms with Crippen LogP contribution in [0.5, 0.6) is 0 Å². The van der Waals surface area contributed by atoms with Crippen LogP contribution in [0, 0.1) is 0 Å². The van der Waals surface area contributed by atoms with E-state index >= 15 is 0 Å². The number of hydrogen-bond acceptors (Lipinski definition) is 3. The van der Waals surface area contributed by atoms with Crippen LogP contribution in [0.4, 0.5) is 39.5 Å². The van der Waals surface area contributed by atoms with Crippen molar-refractivity contribution in [2.24, 2.45) is 0 Å². The molecule has 1 atom stereocenters. The lowest BCUT2D eigenvalue weighted by molar-refractivity contribution is -0.144. The number of methoxy groups -OCH3 is 1. The minimum Gasteiger partial charge on any atom is -0.467 e. The van der Waals surface area contributed by atoms with Crippen molar-refractivity contribution in [1.82, 2.24) is 5.32 Å². The number of carbonyl (C=O) groups excluding carboxylic acids is 2. The van der Waals surface area contributed by atoms with Gasteiger partial charge in [0.15, 0.2) is 0 Å². The predicted octanol–water partition coefficient (Wildman–Crippen LogP) is 5.26. The van der Waals surface area contributed by atoms with Gasteiger partial charge in [0.2, 0.25) is 0 Å². The maximum Gasteiger partial charge on any atom is 0.416 e. The van der Waals surface area contributed by atoms with Crippen LogP contribution in [0.15, 0.2) is 42.5 Å². The molecule has 0 fully saturated rings. The molecule has 13 heteroatoms. The van der Waals surface area contributed by atoms with Gasteiger partial charge >= 0.3 is 24.5 Å². The molecule has 0 spiro atoms. The van der Waals surface area contributed by atoms with Gasteiger partial charge in [0.25, 0.3) is 5.91 Å². The van der Waals surface area contributed by atoms with Crippen LogP contribution in [0.3, 0.4) is 0 Å². The van der Waals surface area contributed by atoms with Crippen molar-refractivity contribution in [2.45, 2.75) is 31.0 Å². The summed E-state index contributed by atoms with van der Waals surface area (Å²) >= 11 is 0. The van der Waals surface area contributed by atoms with Crippen molar-refractivity contribution in [2.75, 3.05) is 7.11 Å². The van der Waals surface area contributed by atoms with Crippen LogP contribution < -0.4 is 5.32 Å². The highest BCUT2D eigenvalue weighted by molar-refractivity contribution is 5.97. The zero-order valence-corrected chi connectivity index (χ0v) is 16.5. The summed E-state index contributed by atoms with van der Waals surface area (Å²) in [5, 5.41) is 1.96. The molecule has 33 heavy (non-hydrogen) atoms. The topological polar surface area (TPSA) is 55.4 Å². The second-order valence-corrected chi connectivity index (χ2v) is 6.74. The second-order valence-electron chi connectivity index (χ2n) is 6.74. The molecule has 0 radical (unpaired) electrons. The van der Waals surface area contributed by atoms with Crippen LogP contribution in [0.2, 0.25) is 0 Å². The first kappa shape index (κ1) is 26.0. The second kappa shape index (κ2) is 9.32. The normalized spacial score (nSPS) is 13.4. The minimum atomic E-state index is -5.20. The Bertz CT molecular complexity index is 977. The van der Waals surface area contributed by atoms with E-state index in [2.05, 4.69) is 4.74 Å². The molecule has 2 rings (SSSR count). The highest BCUT2D eigenvalue weighted by atomic mass is 19.4. The van der Waals surface area contributed by atoms with Gasteiger partial charge in [0, 0.05) is 12.0 Å².